The zero-order valence-electron chi connectivity index (χ0n) is 11.6. The van der Waals surface area contributed by atoms with Gasteiger partial charge in [0.1, 0.15) is 0 Å². The second kappa shape index (κ2) is 7.95. The number of phenolic OH excluding ortho intramolecular Hbond substituents is 1. The summed E-state index contributed by atoms with van der Waals surface area (Å²) in [5.74, 6) is -0.666. The molecular weight excluding hydrogens is 319 g/mol. The summed E-state index contributed by atoms with van der Waals surface area (Å²) >= 11 is 11.8. The molecule has 0 fully saturated rings. The molecule has 2 amide bonds. The van der Waals surface area contributed by atoms with Gasteiger partial charge in [-0.3, -0.25) is 4.79 Å². The molecule has 0 aliphatic heterocycles. The number of benzene rings is 1. The number of amides is 2. The maximum absolute atomic E-state index is 11.6. The first-order valence-corrected chi connectivity index (χ1v) is 7.00. The van der Waals surface area contributed by atoms with Crippen molar-refractivity contribution in [3.8, 4) is 5.75 Å². The lowest BCUT2D eigenvalue weighted by Crippen LogP contribution is -2.31. The lowest BCUT2D eigenvalue weighted by atomic mass is 10.2. The van der Waals surface area contributed by atoms with Crippen LogP contribution in [0.4, 0.5) is 10.5 Å². The molecule has 0 saturated heterocycles. The highest BCUT2D eigenvalue weighted by Crippen LogP contribution is 2.38. The van der Waals surface area contributed by atoms with E-state index in [2.05, 4.69) is 10.6 Å². The molecule has 8 heteroatoms. The van der Waals surface area contributed by atoms with Gasteiger partial charge in [-0.15, -0.1) is 0 Å². The third kappa shape index (κ3) is 4.99. The molecule has 0 aliphatic carbocycles. The van der Waals surface area contributed by atoms with Crippen molar-refractivity contribution in [2.45, 2.75) is 20.3 Å². The van der Waals surface area contributed by atoms with Crippen molar-refractivity contribution in [2.24, 2.45) is 0 Å². The number of ether oxygens (including phenoxy) is 1. The van der Waals surface area contributed by atoms with Crippen LogP contribution in [0.2, 0.25) is 10.0 Å². The number of phenols is 1. The zero-order valence-corrected chi connectivity index (χ0v) is 13.1. The Morgan fingerprint density at radius 3 is 2.67 bits per heavy atom. The van der Waals surface area contributed by atoms with Gasteiger partial charge in [-0.25, -0.2) is 4.79 Å². The van der Waals surface area contributed by atoms with Gasteiger partial charge in [0.25, 0.3) is 0 Å². The van der Waals surface area contributed by atoms with Crippen LogP contribution in [-0.4, -0.2) is 30.3 Å². The number of anilines is 1. The molecule has 0 bridgehead atoms. The lowest BCUT2D eigenvalue weighted by Gasteiger charge is -2.12. The van der Waals surface area contributed by atoms with E-state index in [1.807, 2.05) is 0 Å². The maximum Gasteiger partial charge on any atom is 0.319 e. The Kier molecular flexibility index (Phi) is 6.58. The monoisotopic (exact) mass is 334 g/mol. The fourth-order valence-corrected chi connectivity index (χ4v) is 1.93. The summed E-state index contributed by atoms with van der Waals surface area (Å²) < 4.78 is 4.72. The number of hydrogen-bond donors (Lipinski definition) is 3. The van der Waals surface area contributed by atoms with Gasteiger partial charge in [0, 0.05) is 11.6 Å². The van der Waals surface area contributed by atoms with Crippen molar-refractivity contribution < 1.29 is 19.4 Å². The third-order valence-electron chi connectivity index (χ3n) is 2.59. The molecule has 0 radical (unpaired) electrons. The highest BCUT2D eigenvalue weighted by atomic mass is 35.5. The Morgan fingerprint density at radius 1 is 1.38 bits per heavy atom. The maximum atomic E-state index is 11.6. The van der Waals surface area contributed by atoms with E-state index in [9.17, 15) is 14.7 Å². The number of hydrogen-bond acceptors (Lipinski definition) is 4. The quantitative estimate of drug-likeness (QED) is 0.570. The van der Waals surface area contributed by atoms with Crippen LogP contribution in [-0.2, 0) is 9.53 Å². The number of carbonyl (C=O) groups is 2. The third-order valence-corrected chi connectivity index (χ3v) is 3.44. The first-order chi connectivity index (χ1) is 9.86. The second-order valence-electron chi connectivity index (χ2n) is 4.13. The minimum absolute atomic E-state index is 0.0582. The van der Waals surface area contributed by atoms with Crippen molar-refractivity contribution in [1.29, 1.82) is 0 Å². The summed E-state index contributed by atoms with van der Waals surface area (Å²) in [6.07, 6.45) is 0.0582. The molecule has 6 nitrogen and oxygen atoms in total. The molecule has 0 heterocycles. The van der Waals surface area contributed by atoms with Gasteiger partial charge >= 0.3 is 12.0 Å². The second-order valence-corrected chi connectivity index (χ2v) is 4.91. The molecule has 0 unspecified atom stereocenters. The molecule has 0 atom stereocenters. The number of rotatable bonds is 5. The molecule has 0 saturated carbocycles. The average Bonchev–Trinajstić information content (AvgIpc) is 2.42. The van der Waals surface area contributed by atoms with E-state index in [1.165, 1.54) is 6.07 Å². The smallest absolute Gasteiger partial charge is 0.319 e. The molecule has 0 spiro atoms. The Morgan fingerprint density at radius 2 is 2.05 bits per heavy atom. The van der Waals surface area contributed by atoms with E-state index in [-0.39, 0.29) is 29.4 Å². The summed E-state index contributed by atoms with van der Waals surface area (Å²) in [5.41, 5.74) is 0.605. The summed E-state index contributed by atoms with van der Waals surface area (Å²) in [6, 6.07) is 0.800. The van der Waals surface area contributed by atoms with Crippen molar-refractivity contribution in [2.75, 3.05) is 18.5 Å². The summed E-state index contributed by atoms with van der Waals surface area (Å²) in [6.45, 7) is 3.75. The van der Waals surface area contributed by atoms with Crippen molar-refractivity contribution in [1.82, 2.24) is 5.32 Å². The fraction of sp³-hybridized carbons (Fsp3) is 0.385. The SMILES string of the molecule is CCOC(=O)CCNC(=O)Nc1cc(Cl)c(C)c(Cl)c1O. The molecule has 3 N–H and O–H groups in total. The van der Waals surface area contributed by atoms with Gasteiger partial charge in [-0.05, 0) is 25.5 Å². The first kappa shape index (κ1) is 17.4. The Labute approximate surface area is 132 Å². The molecule has 21 heavy (non-hydrogen) atoms. The van der Waals surface area contributed by atoms with Crippen LogP contribution in [0.3, 0.4) is 0 Å². The number of nitrogens with one attached hydrogen (secondary N) is 2. The van der Waals surface area contributed by atoms with Gasteiger partial charge in [-0.1, -0.05) is 23.2 Å². The molecule has 0 aromatic heterocycles. The Hall–Kier alpha value is -1.66. The average molecular weight is 335 g/mol. The van der Waals surface area contributed by atoms with E-state index in [0.717, 1.165) is 0 Å². The van der Waals surface area contributed by atoms with Gasteiger partial charge in [0.05, 0.1) is 23.7 Å². The summed E-state index contributed by atoms with van der Waals surface area (Å²) in [7, 11) is 0. The van der Waals surface area contributed by atoms with E-state index < -0.39 is 12.0 Å². The van der Waals surface area contributed by atoms with Crippen LogP contribution < -0.4 is 10.6 Å². The summed E-state index contributed by atoms with van der Waals surface area (Å²) in [4.78, 5) is 22.7. The van der Waals surface area contributed by atoms with Crippen LogP contribution in [0.1, 0.15) is 18.9 Å². The Balaban J connectivity index is 2.58. The van der Waals surface area contributed by atoms with E-state index in [4.69, 9.17) is 27.9 Å². The van der Waals surface area contributed by atoms with Crippen LogP contribution >= 0.6 is 23.2 Å². The predicted octanol–water partition coefficient (Wildman–Crippen LogP) is 3.08. The highest BCUT2D eigenvalue weighted by Gasteiger charge is 2.14. The highest BCUT2D eigenvalue weighted by molar-refractivity contribution is 6.37. The van der Waals surface area contributed by atoms with Crippen LogP contribution in [0.5, 0.6) is 5.75 Å². The molecular formula is C13H16Cl2N2O4. The largest absolute Gasteiger partial charge is 0.504 e. The van der Waals surface area contributed by atoms with Crippen LogP contribution in [0.15, 0.2) is 6.07 Å². The Bertz CT molecular complexity index is 549. The lowest BCUT2D eigenvalue weighted by molar-refractivity contribution is -0.142. The van der Waals surface area contributed by atoms with Crippen molar-refractivity contribution in [3.05, 3.63) is 21.7 Å². The minimum Gasteiger partial charge on any atom is -0.504 e. The first-order valence-electron chi connectivity index (χ1n) is 6.24. The van der Waals surface area contributed by atoms with Gasteiger partial charge < -0.3 is 20.5 Å². The number of urea groups is 1. The van der Waals surface area contributed by atoms with Gasteiger partial charge in [0.2, 0.25) is 0 Å². The van der Waals surface area contributed by atoms with E-state index >= 15 is 0 Å². The fourth-order valence-electron chi connectivity index (χ4n) is 1.48. The predicted molar refractivity (Wildman–Crippen MR) is 81.1 cm³/mol. The molecule has 116 valence electrons. The van der Waals surface area contributed by atoms with E-state index in [1.54, 1.807) is 13.8 Å². The minimum atomic E-state index is -0.592. The van der Waals surface area contributed by atoms with Gasteiger partial charge in [-0.2, -0.15) is 0 Å². The topological polar surface area (TPSA) is 87.7 Å². The number of aromatic hydroxyl groups is 1. The zero-order chi connectivity index (χ0) is 16.0. The molecule has 1 rings (SSSR count). The van der Waals surface area contributed by atoms with Crippen molar-refractivity contribution in [3.63, 3.8) is 0 Å². The summed E-state index contributed by atoms with van der Waals surface area (Å²) in [5, 5.41) is 15.1. The van der Waals surface area contributed by atoms with Crippen LogP contribution in [0, 0.1) is 6.92 Å². The molecule has 1 aromatic carbocycles. The number of carbonyl (C=O) groups excluding carboxylic acids is 2. The number of esters is 1. The normalized spacial score (nSPS) is 10.1. The molecule has 0 aliphatic rings. The number of halogens is 2. The van der Waals surface area contributed by atoms with Gasteiger partial charge in [0.15, 0.2) is 5.75 Å². The molecule has 1 aromatic rings. The van der Waals surface area contributed by atoms with E-state index in [0.29, 0.717) is 17.2 Å². The standard InChI is InChI=1S/C13H16Cl2N2O4/c1-3-21-10(18)4-5-16-13(20)17-9-6-8(14)7(2)11(15)12(9)19/h6,19H,3-5H2,1-2H3,(H2,16,17,20). The van der Waals surface area contributed by atoms with Crippen molar-refractivity contribution >= 4 is 40.9 Å². The van der Waals surface area contributed by atoms with Crippen LogP contribution in [0.25, 0.3) is 0 Å².